The van der Waals surface area contributed by atoms with Crippen molar-refractivity contribution in [1.29, 1.82) is 0 Å². The van der Waals surface area contributed by atoms with Gasteiger partial charge in [0.25, 0.3) is 0 Å². The zero-order valence-electron chi connectivity index (χ0n) is 11.1. The number of ether oxygens (including phenoxy) is 1. The average Bonchev–Trinajstić information content (AvgIpc) is 3.00. The summed E-state index contributed by atoms with van der Waals surface area (Å²) in [6.07, 6.45) is 2.40. The van der Waals surface area contributed by atoms with Crippen LogP contribution in [-0.2, 0) is 14.8 Å². The third-order valence-electron chi connectivity index (χ3n) is 3.53. The van der Waals surface area contributed by atoms with E-state index >= 15 is 0 Å². The lowest BCUT2D eigenvalue weighted by Gasteiger charge is -2.14. The van der Waals surface area contributed by atoms with Crippen molar-refractivity contribution in [1.82, 2.24) is 4.72 Å². The van der Waals surface area contributed by atoms with Crippen LogP contribution in [-0.4, -0.2) is 39.8 Å². The fourth-order valence-corrected chi connectivity index (χ4v) is 4.50. The fourth-order valence-electron chi connectivity index (χ4n) is 2.01. The molecule has 0 saturated heterocycles. The van der Waals surface area contributed by atoms with E-state index in [9.17, 15) is 13.2 Å². The topological polar surface area (TPSA) is 92.7 Å². The molecule has 1 saturated carbocycles. The van der Waals surface area contributed by atoms with E-state index in [1.165, 1.54) is 13.2 Å². The highest BCUT2D eigenvalue weighted by atomic mass is 32.2. The predicted molar refractivity (Wildman–Crippen MR) is 74.2 cm³/mol. The number of nitrogens with one attached hydrogen (secondary N) is 1. The van der Waals surface area contributed by atoms with Gasteiger partial charge >= 0.3 is 5.97 Å². The quantitative estimate of drug-likeness (QED) is 0.731. The lowest BCUT2D eigenvalue weighted by Crippen LogP contribution is -2.31. The van der Waals surface area contributed by atoms with Crippen LogP contribution in [0.2, 0.25) is 0 Å². The number of carbonyl (C=O) groups is 1. The molecule has 0 aliphatic heterocycles. The summed E-state index contributed by atoms with van der Waals surface area (Å²) >= 11 is 1.03. The smallest absolute Gasteiger partial charge is 0.349 e. The van der Waals surface area contributed by atoms with Gasteiger partial charge in [0.2, 0.25) is 10.0 Å². The maximum absolute atomic E-state index is 12.2. The van der Waals surface area contributed by atoms with Crippen LogP contribution in [0, 0.1) is 5.41 Å². The van der Waals surface area contributed by atoms with Crippen molar-refractivity contribution in [2.24, 2.45) is 5.41 Å². The number of esters is 1. The third-order valence-corrected chi connectivity index (χ3v) is 5.99. The van der Waals surface area contributed by atoms with Gasteiger partial charge in [-0.05, 0) is 36.1 Å². The second-order valence-corrected chi connectivity index (χ2v) is 7.56. The summed E-state index contributed by atoms with van der Waals surface area (Å²) in [5.41, 5.74) is -0.122. The molecule has 1 aliphatic rings. The number of rotatable bonds is 7. The van der Waals surface area contributed by atoms with Crippen molar-refractivity contribution in [2.75, 3.05) is 20.3 Å². The molecule has 1 aromatic heterocycles. The van der Waals surface area contributed by atoms with Gasteiger partial charge in [0, 0.05) is 13.2 Å². The van der Waals surface area contributed by atoms with Crippen molar-refractivity contribution < 1.29 is 23.1 Å². The number of hydrogen-bond acceptors (Lipinski definition) is 6. The largest absolute Gasteiger partial charge is 0.465 e. The number of hydrogen-bond donors (Lipinski definition) is 2. The van der Waals surface area contributed by atoms with Crippen LogP contribution in [0.15, 0.2) is 16.3 Å². The summed E-state index contributed by atoms with van der Waals surface area (Å²) < 4.78 is 31.6. The number of thiophene rings is 1. The molecule has 1 fully saturated rings. The molecule has 0 radical (unpaired) electrons. The Hall–Kier alpha value is -0.960. The van der Waals surface area contributed by atoms with Gasteiger partial charge in [-0.1, -0.05) is 0 Å². The molecule has 0 aromatic carbocycles. The molecule has 8 heteroatoms. The number of sulfonamides is 1. The predicted octanol–water partition coefficient (Wildman–Crippen LogP) is 0.976. The molecule has 20 heavy (non-hydrogen) atoms. The highest BCUT2D eigenvalue weighted by molar-refractivity contribution is 7.89. The van der Waals surface area contributed by atoms with Gasteiger partial charge in [-0.3, -0.25) is 0 Å². The second kappa shape index (κ2) is 5.80. The van der Waals surface area contributed by atoms with Crippen LogP contribution in [0.4, 0.5) is 0 Å². The lowest BCUT2D eigenvalue weighted by atomic mass is 10.0. The van der Waals surface area contributed by atoms with Gasteiger partial charge in [-0.15, -0.1) is 11.3 Å². The van der Waals surface area contributed by atoms with E-state index in [0.29, 0.717) is 6.42 Å². The molecule has 0 spiro atoms. The Morgan fingerprint density at radius 2 is 2.25 bits per heavy atom. The van der Waals surface area contributed by atoms with Crippen LogP contribution in [0.3, 0.4) is 0 Å². The van der Waals surface area contributed by atoms with Gasteiger partial charge in [0.1, 0.15) is 9.77 Å². The number of aliphatic hydroxyl groups excluding tert-OH is 1. The Labute approximate surface area is 121 Å². The summed E-state index contributed by atoms with van der Waals surface area (Å²) in [6.45, 7) is 0.333. The average molecular weight is 319 g/mol. The molecular formula is C12H17NO5S2. The van der Waals surface area contributed by atoms with Crippen LogP contribution in [0.1, 0.15) is 28.9 Å². The minimum absolute atomic E-state index is 0.0471. The van der Waals surface area contributed by atoms with Gasteiger partial charge in [-0.25, -0.2) is 17.9 Å². The van der Waals surface area contributed by atoms with Crippen LogP contribution in [0.25, 0.3) is 0 Å². The van der Waals surface area contributed by atoms with Crippen molar-refractivity contribution in [2.45, 2.75) is 24.2 Å². The molecule has 0 unspecified atom stereocenters. The van der Waals surface area contributed by atoms with E-state index in [-0.39, 0.29) is 28.3 Å². The Morgan fingerprint density at radius 3 is 2.80 bits per heavy atom. The van der Waals surface area contributed by atoms with Gasteiger partial charge in [0.15, 0.2) is 0 Å². The number of aliphatic hydroxyl groups is 1. The molecule has 112 valence electrons. The molecular weight excluding hydrogens is 302 g/mol. The summed E-state index contributed by atoms with van der Waals surface area (Å²) in [6, 6.07) is 1.39. The maximum Gasteiger partial charge on any atom is 0.349 e. The zero-order valence-corrected chi connectivity index (χ0v) is 12.7. The third kappa shape index (κ3) is 3.20. The van der Waals surface area contributed by atoms with Crippen LogP contribution < -0.4 is 4.72 Å². The molecule has 1 heterocycles. The van der Waals surface area contributed by atoms with Crippen molar-refractivity contribution in [3.8, 4) is 0 Å². The van der Waals surface area contributed by atoms with E-state index in [4.69, 9.17) is 5.11 Å². The molecule has 1 aliphatic carbocycles. The van der Waals surface area contributed by atoms with Crippen molar-refractivity contribution >= 4 is 27.3 Å². The molecule has 2 N–H and O–H groups in total. The summed E-state index contributed by atoms with van der Waals surface area (Å²) in [5, 5.41) is 10.5. The summed E-state index contributed by atoms with van der Waals surface area (Å²) in [7, 11) is -2.52. The van der Waals surface area contributed by atoms with Gasteiger partial charge in [0.05, 0.1) is 7.11 Å². The minimum atomic E-state index is -3.74. The van der Waals surface area contributed by atoms with Gasteiger partial charge in [-0.2, -0.15) is 0 Å². The highest BCUT2D eigenvalue weighted by Crippen LogP contribution is 2.48. The first-order valence-corrected chi connectivity index (χ1v) is 8.57. The van der Waals surface area contributed by atoms with E-state index in [0.717, 1.165) is 24.2 Å². The lowest BCUT2D eigenvalue weighted by molar-refractivity contribution is 0.0602. The first kappa shape index (κ1) is 15.4. The Kier molecular flexibility index (Phi) is 4.48. The highest BCUT2D eigenvalue weighted by Gasteiger charge is 2.42. The van der Waals surface area contributed by atoms with Crippen molar-refractivity contribution in [3.05, 3.63) is 16.3 Å². The van der Waals surface area contributed by atoms with Gasteiger partial charge < -0.3 is 9.84 Å². The Balaban J connectivity index is 2.11. The molecule has 6 nitrogen and oxygen atoms in total. The van der Waals surface area contributed by atoms with E-state index in [2.05, 4.69) is 9.46 Å². The number of methoxy groups -OCH3 is 1. The summed E-state index contributed by atoms with van der Waals surface area (Å²) in [4.78, 5) is 11.5. The Morgan fingerprint density at radius 1 is 1.55 bits per heavy atom. The Bertz CT molecular complexity index is 589. The first-order chi connectivity index (χ1) is 9.44. The summed E-state index contributed by atoms with van der Waals surface area (Å²) in [5.74, 6) is -0.656. The number of carbonyl (C=O) groups excluding carboxylic acids is 1. The molecule has 1 aromatic rings. The molecule has 0 bridgehead atoms. The minimum Gasteiger partial charge on any atom is -0.465 e. The second-order valence-electron chi connectivity index (χ2n) is 4.90. The van der Waals surface area contributed by atoms with Crippen molar-refractivity contribution in [3.63, 3.8) is 0 Å². The molecule has 0 atom stereocenters. The fraction of sp³-hybridized carbons (Fsp3) is 0.583. The van der Waals surface area contributed by atoms with E-state index in [1.807, 2.05) is 0 Å². The monoisotopic (exact) mass is 319 g/mol. The molecule has 0 amide bonds. The van der Waals surface area contributed by atoms with Crippen LogP contribution in [0.5, 0.6) is 0 Å². The zero-order chi connectivity index (χ0) is 14.8. The van der Waals surface area contributed by atoms with E-state index in [1.54, 1.807) is 5.38 Å². The standard InChI is InChI=1S/C12H17NO5S2/c1-18-11(15)10-9(2-7-19-10)20(16,17)13-8-12(3-4-12)5-6-14/h2,7,13-14H,3-6,8H2,1H3. The maximum atomic E-state index is 12.2. The molecule has 2 rings (SSSR count). The van der Waals surface area contributed by atoms with Crippen LogP contribution >= 0.6 is 11.3 Å². The van der Waals surface area contributed by atoms with E-state index < -0.39 is 16.0 Å². The first-order valence-electron chi connectivity index (χ1n) is 6.20. The normalized spacial score (nSPS) is 16.9. The SMILES string of the molecule is COC(=O)c1sccc1S(=O)(=O)NCC1(CCO)CC1.